The Morgan fingerprint density at radius 3 is 2.76 bits per heavy atom. The summed E-state index contributed by atoms with van der Waals surface area (Å²) in [5, 5.41) is 17.3. The number of hydrogen-bond donors (Lipinski definition) is 2. The fraction of sp³-hybridized carbons (Fsp3) is 0.364. The van der Waals surface area contributed by atoms with Crippen LogP contribution in [0.3, 0.4) is 0 Å². The van der Waals surface area contributed by atoms with Crippen molar-refractivity contribution in [2.45, 2.75) is 18.3 Å². The smallest absolute Gasteiger partial charge is 0.229 e. The van der Waals surface area contributed by atoms with Gasteiger partial charge in [0.15, 0.2) is 17.3 Å². The number of hydrogen-bond acceptors (Lipinski definition) is 9. The van der Waals surface area contributed by atoms with Gasteiger partial charge in [-0.2, -0.15) is 5.10 Å². The molecule has 4 aromatic rings. The molecule has 11 nitrogen and oxygen atoms in total. The summed E-state index contributed by atoms with van der Waals surface area (Å²) in [6.45, 7) is 3.12. The number of morpholine rings is 1. The fourth-order valence-corrected chi connectivity index (χ4v) is 4.38. The van der Waals surface area contributed by atoms with E-state index in [4.69, 9.17) is 20.6 Å². The molecule has 11 heteroatoms. The summed E-state index contributed by atoms with van der Waals surface area (Å²) in [7, 11) is 1.78. The van der Waals surface area contributed by atoms with Gasteiger partial charge in [0, 0.05) is 37.3 Å². The molecule has 0 atom stereocenters. The van der Waals surface area contributed by atoms with E-state index in [2.05, 4.69) is 25.4 Å². The third-order valence-corrected chi connectivity index (χ3v) is 6.51. The summed E-state index contributed by atoms with van der Waals surface area (Å²) in [6, 6.07) is 5.88. The van der Waals surface area contributed by atoms with Crippen LogP contribution >= 0.6 is 0 Å². The van der Waals surface area contributed by atoms with E-state index in [0.717, 1.165) is 35.4 Å². The van der Waals surface area contributed by atoms with E-state index in [1.807, 2.05) is 24.4 Å². The lowest BCUT2D eigenvalue weighted by Crippen LogP contribution is -2.36. The Morgan fingerprint density at radius 1 is 1.21 bits per heavy atom. The Morgan fingerprint density at radius 2 is 2.03 bits per heavy atom. The van der Waals surface area contributed by atoms with Crippen LogP contribution in [0.4, 0.5) is 11.5 Å². The third kappa shape index (κ3) is 3.15. The molecule has 1 aliphatic heterocycles. The van der Waals surface area contributed by atoms with Gasteiger partial charge in [-0.15, -0.1) is 10.2 Å². The van der Waals surface area contributed by atoms with Gasteiger partial charge in [0.1, 0.15) is 5.52 Å². The SMILES string of the molecule is CNc1ncc(-c2nc3ccc(N4CCOCC4)cn3n2)c2cc(C3(C(N)=O)CC3)nnc12. The van der Waals surface area contributed by atoms with Crippen LogP contribution in [0.15, 0.2) is 30.6 Å². The maximum absolute atomic E-state index is 12.1. The molecule has 1 saturated heterocycles. The minimum atomic E-state index is -0.735. The highest BCUT2D eigenvalue weighted by molar-refractivity contribution is 5.99. The van der Waals surface area contributed by atoms with Crippen LogP contribution < -0.4 is 16.0 Å². The van der Waals surface area contributed by atoms with E-state index in [1.54, 1.807) is 17.8 Å². The number of primary amides is 1. The molecule has 4 aromatic heterocycles. The van der Waals surface area contributed by atoms with Gasteiger partial charge in [-0.1, -0.05) is 0 Å². The lowest BCUT2D eigenvalue weighted by molar-refractivity contribution is -0.120. The standard InChI is InChI=1S/C22H23N9O2/c1-24-20-18-14(10-16(27-28-18)22(4-5-22)21(23)32)15(11-25-20)19-26-17-3-2-13(12-31(17)29-19)30-6-8-33-9-7-30/h2-3,10-12H,4-9H2,1H3,(H2,23,32)(H,24,25). The normalized spacial score (nSPS) is 17.4. The second kappa shape index (κ2) is 7.34. The highest BCUT2D eigenvalue weighted by Crippen LogP contribution is 2.47. The largest absolute Gasteiger partial charge is 0.378 e. The molecule has 1 aliphatic carbocycles. The maximum Gasteiger partial charge on any atom is 0.229 e. The Balaban J connectivity index is 1.48. The molecule has 2 fully saturated rings. The van der Waals surface area contributed by atoms with Gasteiger partial charge in [-0.3, -0.25) is 4.79 Å². The number of amides is 1. The number of nitrogens with two attached hydrogens (primary N) is 1. The first-order valence-corrected chi connectivity index (χ1v) is 10.9. The number of fused-ring (bicyclic) bond motifs is 2. The van der Waals surface area contributed by atoms with Crippen molar-refractivity contribution in [2.24, 2.45) is 5.73 Å². The molecule has 0 spiro atoms. The summed E-state index contributed by atoms with van der Waals surface area (Å²) in [5.41, 5.74) is 8.62. The minimum Gasteiger partial charge on any atom is -0.378 e. The number of ether oxygens (including phenoxy) is 1. The van der Waals surface area contributed by atoms with Crippen LogP contribution in [-0.4, -0.2) is 69.0 Å². The first-order valence-electron chi connectivity index (χ1n) is 10.9. The molecule has 0 aromatic carbocycles. The molecule has 3 N–H and O–H groups in total. The molecule has 1 amide bonds. The lowest BCUT2D eigenvalue weighted by Gasteiger charge is -2.28. The molecule has 6 rings (SSSR count). The van der Waals surface area contributed by atoms with Gasteiger partial charge in [0.2, 0.25) is 5.91 Å². The number of nitrogens with zero attached hydrogens (tertiary/aromatic N) is 7. The Bertz CT molecular complexity index is 1390. The van der Waals surface area contributed by atoms with Crippen molar-refractivity contribution in [1.29, 1.82) is 0 Å². The Hall–Kier alpha value is -3.86. The number of rotatable bonds is 5. The van der Waals surface area contributed by atoms with Crippen LogP contribution in [0.1, 0.15) is 18.5 Å². The van der Waals surface area contributed by atoms with Gasteiger partial charge in [0.05, 0.1) is 36.2 Å². The van der Waals surface area contributed by atoms with Gasteiger partial charge in [0.25, 0.3) is 0 Å². The van der Waals surface area contributed by atoms with Crippen molar-refractivity contribution >= 4 is 34.0 Å². The first-order chi connectivity index (χ1) is 16.1. The van der Waals surface area contributed by atoms with Crippen molar-refractivity contribution in [3.8, 4) is 11.4 Å². The van der Waals surface area contributed by atoms with Crippen LogP contribution in [0, 0.1) is 0 Å². The molecule has 33 heavy (non-hydrogen) atoms. The second-order valence-electron chi connectivity index (χ2n) is 8.43. The number of carbonyl (C=O) groups excluding carboxylic acids is 1. The zero-order valence-electron chi connectivity index (χ0n) is 18.2. The van der Waals surface area contributed by atoms with Crippen molar-refractivity contribution < 1.29 is 9.53 Å². The summed E-state index contributed by atoms with van der Waals surface area (Å²) < 4.78 is 7.23. The van der Waals surface area contributed by atoms with E-state index < -0.39 is 5.41 Å². The summed E-state index contributed by atoms with van der Waals surface area (Å²) in [6.07, 6.45) is 5.06. The fourth-order valence-electron chi connectivity index (χ4n) is 4.38. The van der Waals surface area contributed by atoms with Gasteiger partial charge in [-0.25, -0.2) is 14.5 Å². The number of nitrogens with one attached hydrogen (secondary N) is 1. The first kappa shape index (κ1) is 19.8. The van der Waals surface area contributed by atoms with Crippen LogP contribution in [0.2, 0.25) is 0 Å². The molecule has 168 valence electrons. The van der Waals surface area contributed by atoms with Gasteiger partial charge >= 0.3 is 0 Å². The van der Waals surface area contributed by atoms with Crippen LogP contribution in [0.25, 0.3) is 27.9 Å². The number of aromatic nitrogens is 6. The molecular formula is C22H23N9O2. The average Bonchev–Trinajstić information content (AvgIpc) is 3.57. The van der Waals surface area contributed by atoms with Crippen LogP contribution in [0.5, 0.6) is 0 Å². The predicted octanol–water partition coefficient (Wildman–Crippen LogP) is 1.13. The van der Waals surface area contributed by atoms with E-state index >= 15 is 0 Å². The zero-order valence-corrected chi connectivity index (χ0v) is 18.2. The van der Waals surface area contributed by atoms with Crippen LogP contribution in [-0.2, 0) is 14.9 Å². The van der Waals surface area contributed by atoms with E-state index in [9.17, 15) is 4.79 Å². The Kier molecular flexibility index (Phi) is 4.40. The molecule has 0 radical (unpaired) electrons. The topological polar surface area (TPSA) is 136 Å². The zero-order chi connectivity index (χ0) is 22.6. The minimum absolute atomic E-state index is 0.373. The average molecular weight is 445 g/mol. The molecule has 5 heterocycles. The monoisotopic (exact) mass is 445 g/mol. The third-order valence-electron chi connectivity index (χ3n) is 6.51. The molecule has 0 bridgehead atoms. The number of carbonyl (C=O) groups is 1. The highest BCUT2D eigenvalue weighted by atomic mass is 16.5. The number of anilines is 2. The molecule has 1 saturated carbocycles. The van der Waals surface area contributed by atoms with E-state index in [-0.39, 0.29) is 5.91 Å². The van der Waals surface area contributed by atoms with E-state index in [1.165, 1.54) is 0 Å². The number of pyridine rings is 2. The second-order valence-corrected chi connectivity index (χ2v) is 8.43. The lowest BCUT2D eigenvalue weighted by atomic mass is 9.99. The highest BCUT2D eigenvalue weighted by Gasteiger charge is 2.52. The summed E-state index contributed by atoms with van der Waals surface area (Å²) in [5.74, 6) is 0.745. The van der Waals surface area contributed by atoms with Crippen molar-refractivity contribution in [3.63, 3.8) is 0 Å². The van der Waals surface area contributed by atoms with Crippen molar-refractivity contribution in [2.75, 3.05) is 43.6 Å². The van der Waals surface area contributed by atoms with Crippen molar-refractivity contribution in [3.05, 3.63) is 36.3 Å². The Labute approximate surface area is 189 Å². The van der Waals surface area contributed by atoms with Gasteiger partial charge < -0.3 is 20.7 Å². The molecule has 0 unspecified atom stereocenters. The van der Waals surface area contributed by atoms with E-state index in [0.29, 0.717) is 48.9 Å². The van der Waals surface area contributed by atoms with Gasteiger partial charge in [-0.05, 0) is 31.0 Å². The quantitative estimate of drug-likeness (QED) is 0.463. The summed E-state index contributed by atoms with van der Waals surface area (Å²) in [4.78, 5) is 23.6. The van der Waals surface area contributed by atoms with Crippen molar-refractivity contribution in [1.82, 2.24) is 29.8 Å². The maximum atomic E-state index is 12.1. The molecular weight excluding hydrogens is 422 g/mol. The summed E-state index contributed by atoms with van der Waals surface area (Å²) >= 11 is 0. The predicted molar refractivity (Wildman–Crippen MR) is 122 cm³/mol. The molecule has 2 aliphatic rings.